The number of fused-ring (bicyclic) bond motifs is 8. The van der Waals surface area contributed by atoms with Gasteiger partial charge in [-0.3, -0.25) is 0 Å². The topological polar surface area (TPSA) is 6.48 Å². The molecular weight excluding hydrogens is 723 g/mol. The molecule has 2 aliphatic heterocycles. The Morgan fingerprint density at radius 1 is 0.417 bits per heavy atom. The van der Waals surface area contributed by atoms with Gasteiger partial charge in [0.2, 0.25) is 0 Å². The fraction of sp³-hybridized carbons (Fsp3) is 0.263. The summed E-state index contributed by atoms with van der Waals surface area (Å²) >= 11 is 0. The summed E-state index contributed by atoms with van der Waals surface area (Å²) in [6, 6.07) is 55.9. The van der Waals surface area contributed by atoms with Crippen LogP contribution in [0.2, 0.25) is 0 Å². The third-order valence-electron chi connectivity index (χ3n) is 13.7. The van der Waals surface area contributed by atoms with E-state index in [1.807, 2.05) is 0 Å². The Kier molecular flexibility index (Phi) is 8.39. The zero-order chi connectivity index (χ0) is 42.1. The van der Waals surface area contributed by atoms with Crippen LogP contribution < -0.4 is 20.6 Å². The first-order valence-electron chi connectivity index (χ1n) is 21.9. The maximum absolute atomic E-state index is 2.70. The molecule has 298 valence electrons. The van der Waals surface area contributed by atoms with E-state index in [1.54, 1.807) is 0 Å². The van der Waals surface area contributed by atoms with Crippen molar-refractivity contribution in [2.24, 2.45) is 0 Å². The Bertz CT molecular complexity index is 2840. The number of para-hydroxylation sites is 1. The standard InChI is InChI=1S/C57H57BN2/c1-54(2,3)37-25-28-40(29-26-37)60-48-31-27-38(55(4,5)6)33-44(48)45-34-39(56(7,8)9)35-50-52(45)58(60)53-49(32-30-43-42-22-15-17-23-46(42)57(10,11)51(43)53)59(50)47-24-18-16-21-41(47)36-19-13-12-14-20-36/h12-35H,1-11H3. The van der Waals surface area contributed by atoms with Gasteiger partial charge < -0.3 is 9.71 Å². The van der Waals surface area contributed by atoms with Gasteiger partial charge in [0.1, 0.15) is 0 Å². The first-order chi connectivity index (χ1) is 28.4. The quantitative estimate of drug-likeness (QED) is 0.165. The number of anilines is 5. The first-order valence-corrected chi connectivity index (χ1v) is 21.9. The Morgan fingerprint density at radius 3 is 1.68 bits per heavy atom. The van der Waals surface area contributed by atoms with Gasteiger partial charge in [-0.05, 0) is 120 Å². The third kappa shape index (κ3) is 5.76. The van der Waals surface area contributed by atoms with Crippen LogP contribution in [0.4, 0.5) is 28.4 Å². The molecule has 0 fully saturated rings. The Labute approximate surface area is 359 Å². The zero-order valence-electron chi connectivity index (χ0n) is 37.3. The molecule has 2 nitrogen and oxygen atoms in total. The molecule has 2 heterocycles. The molecule has 3 aliphatic rings. The van der Waals surface area contributed by atoms with Crippen molar-refractivity contribution < 1.29 is 0 Å². The molecule has 0 radical (unpaired) electrons. The van der Waals surface area contributed by atoms with Gasteiger partial charge in [-0.15, -0.1) is 0 Å². The number of hydrogen-bond donors (Lipinski definition) is 0. The minimum absolute atomic E-state index is 0.0172. The highest BCUT2D eigenvalue weighted by atomic mass is 15.2. The van der Waals surface area contributed by atoms with Crippen molar-refractivity contribution in [2.75, 3.05) is 9.71 Å². The Balaban J connectivity index is 1.39. The Morgan fingerprint density at radius 2 is 1.00 bits per heavy atom. The van der Waals surface area contributed by atoms with Crippen LogP contribution in [-0.2, 0) is 21.7 Å². The second kappa shape index (κ2) is 13.1. The van der Waals surface area contributed by atoms with E-state index in [0.29, 0.717) is 0 Å². The van der Waals surface area contributed by atoms with Crippen LogP contribution in [0.1, 0.15) is 104 Å². The molecule has 0 amide bonds. The molecule has 7 aromatic rings. The second-order valence-electron chi connectivity index (χ2n) is 21.1. The van der Waals surface area contributed by atoms with E-state index >= 15 is 0 Å². The molecule has 0 saturated heterocycles. The first kappa shape index (κ1) is 38.4. The molecule has 10 rings (SSSR count). The smallest absolute Gasteiger partial charge is 0.333 e. The van der Waals surface area contributed by atoms with Crippen molar-refractivity contribution >= 4 is 46.2 Å². The van der Waals surface area contributed by atoms with E-state index in [-0.39, 0.29) is 28.5 Å². The fourth-order valence-electron chi connectivity index (χ4n) is 10.4. The summed E-state index contributed by atoms with van der Waals surface area (Å²) in [5.41, 5.74) is 23.3. The zero-order valence-corrected chi connectivity index (χ0v) is 37.3. The van der Waals surface area contributed by atoms with Crippen molar-refractivity contribution in [3.8, 4) is 33.4 Å². The molecule has 60 heavy (non-hydrogen) atoms. The van der Waals surface area contributed by atoms with Gasteiger partial charge in [0.05, 0.1) is 5.69 Å². The van der Waals surface area contributed by atoms with Crippen LogP contribution in [0, 0.1) is 0 Å². The molecule has 0 spiro atoms. The third-order valence-corrected chi connectivity index (χ3v) is 13.7. The van der Waals surface area contributed by atoms with E-state index < -0.39 is 0 Å². The number of hydrogen-bond acceptors (Lipinski definition) is 2. The molecule has 0 bridgehead atoms. The van der Waals surface area contributed by atoms with Crippen LogP contribution in [0.15, 0.2) is 146 Å². The van der Waals surface area contributed by atoms with Crippen molar-refractivity contribution in [1.29, 1.82) is 0 Å². The fourth-order valence-corrected chi connectivity index (χ4v) is 10.4. The highest BCUT2D eigenvalue weighted by Gasteiger charge is 2.51. The summed E-state index contributed by atoms with van der Waals surface area (Å²) < 4.78 is 0. The highest BCUT2D eigenvalue weighted by Crippen LogP contribution is 2.55. The summed E-state index contributed by atoms with van der Waals surface area (Å²) in [5.74, 6) is 0. The molecule has 7 aromatic carbocycles. The van der Waals surface area contributed by atoms with Crippen LogP contribution in [0.5, 0.6) is 0 Å². The minimum atomic E-state index is -0.233. The molecule has 3 heteroatoms. The van der Waals surface area contributed by atoms with Gasteiger partial charge in [-0.1, -0.05) is 179 Å². The minimum Gasteiger partial charge on any atom is -0.376 e. The summed E-state index contributed by atoms with van der Waals surface area (Å²) in [7, 11) is 0. The van der Waals surface area contributed by atoms with E-state index in [1.165, 1.54) is 101 Å². The Hall–Kier alpha value is -5.80. The maximum Gasteiger partial charge on any atom is 0.333 e. The van der Waals surface area contributed by atoms with Crippen LogP contribution >= 0.6 is 0 Å². The SMILES string of the molecule is CC(C)(C)c1ccc(N2B3c4c(cc(C(C)(C)C)cc4N(c4ccccc4-c4ccccc4)c4ccc5c(c43)C(C)(C)c3ccccc3-5)-c3cc(C(C)(C)C)ccc32)cc1. The molecule has 1 aliphatic carbocycles. The van der Waals surface area contributed by atoms with Gasteiger partial charge in [-0.25, -0.2) is 0 Å². The van der Waals surface area contributed by atoms with Crippen LogP contribution in [0.3, 0.4) is 0 Å². The van der Waals surface area contributed by atoms with Crippen LogP contribution in [-0.4, -0.2) is 6.85 Å². The predicted molar refractivity (Wildman–Crippen MR) is 259 cm³/mol. The van der Waals surface area contributed by atoms with Crippen molar-refractivity contribution in [3.05, 3.63) is 173 Å². The van der Waals surface area contributed by atoms with Crippen molar-refractivity contribution in [1.82, 2.24) is 0 Å². The predicted octanol–water partition coefficient (Wildman–Crippen LogP) is 14.3. The molecular formula is C57H57BN2. The lowest BCUT2D eigenvalue weighted by Crippen LogP contribution is -2.63. The second-order valence-corrected chi connectivity index (χ2v) is 21.1. The summed E-state index contributed by atoms with van der Waals surface area (Å²) in [5, 5.41) is 0. The van der Waals surface area contributed by atoms with Gasteiger partial charge in [0.25, 0.3) is 0 Å². The average Bonchev–Trinajstić information content (AvgIpc) is 3.46. The lowest BCUT2D eigenvalue weighted by molar-refractivity contribution is 0.589. The van der Waals surface area contributed by atoms with E-state index in [4.69, 9.17) is 0 Å². The molecule has 0 N–H and O–H groups in total. The summed E-state index contributed by atoms with van der Waals surface area (Å²) in [6.45, 7) is 25.9. The normalized spacial score (nSPS) is 14.9. The van der Waals surface area contributed by atoms with Crippen molar-refractivity contribution in [2.45, 2.75) is 97.8 Å². The highest BCUT2D eigenvalue weighted by molar-refractivity contribution is 6.94. The van der Waals surface area contributed by atoms with Gasteiger partial charge in [0.15, 0.2) is 0 Å². The van der Waals surface area contributed by atoms with E-state index in [0.717, 1.165) is 0 Å². The summed E-state index contributed by atoms with van der Waals surface area (Å²) in [4.78, 5) is 5.34. The van der Waals surface area contributed by atoms with E-state index in [9.17, 15) is 0 Å². The number of benzene rings is 7. The molecule has 0 saturated carbocycles. The lowest BCUT2D eigenvalue weighted by Gasteiger charge is -2.48. The molecule has 0 aromatic heterocycles. The molecule has 0 unspecified atom stereocenters. The van der Waals surface area contributed by atoms with Gasteiger partial charge >= 0.3 is 6.85 Å². The molecule has 0 atom stereocenters. The average molecular weight is 781 g/mol. The monoisotopic (exact) mass is 780 g/mol. The number of rotatable bonds is 3. The lowest BCUT2D eigenvalue weighted by atomic mass is 9.41. The number of nitrogens with zero attached hydrogens (tertiary/aromatic N) is 2. The van der Waals surface area contributed by atoms with Crippen LogP contribution in [0.25, 0.3) is 33.4 Å². The summed E-state index contributed by atoms with van der Waals surface area (Å²) in [6.07, 6.45) is 0. The van der Waals surface area contributed by atoms with Gasteiger partial charge in [0, 0.05) is 39.3 Å². The van der Waals surface area contributed by atoms with Gasteiger partial charge in [-0.2, -0.15) is 0 Å². The largest absolute Gasteiger partial charge is 0.376 e. The maximum atomic E-state index is 2.70. The van der Waals surface area contributed by atoms with E-state index in [2.05, 4.69) is 231 Å². The van der Waals surface area contributed by atoms with Crippen molar-refractivity contribution in [3.63, 3.8) is 0 Å².